The standard InChI is InChI=1S/C14H18Cl3NO/c1-2-3-10(6-7-15)9-18-14(19)12-8-11(16)4-5-13(12)17/h4-5,8,10H,2-3,6-7,9H2,1H3,(H,18,19). The smallest absolute Gasteiger partial charge is 0.252 e. The topological polar surface area (TPSA) is 29.1 Å². The summed E-state index contributed by atoms with van der Waals surface area (Å²) in [5.74, 6) is 0.825. The summed E-state index contributed by atoms with van der Waals surface area (Å²) in [5, 5.41) is 3.81. The van der Waals surface area contributed by atoms with Crippen LogP contribution >= 0.6 is 34.8 Å². The zero-order chi connectivity index (χ0) is 14.3. The SMILES string of the molecule is CCCC(CCCl)CNC(=O)c1cc(Cl)ccc1Cl. The molecule has 1 aromatic carbocycles. The Bertz CT molecular complexity index is 417. The van der Waals surface area contributed by atoms with E-state index in [9.17, 15) is 4.79 Å². The molecule has 0 bridgehead atoms. The Labute approximate surface area is 129 Å². The predicted octanol–water partition coefficient (Wildman–Crippen LogP) is 4.77. The second-order valence-electron chi connectivity index (χ2n) is 4.47. The minimum absolute atomic E-state index is 0.192. The predicted molar refractivity (Wildman–Crippen MR) is 82.5 cm³/mol. The molecule has 1 unspecified atom stereocenters. The fourth-order valence-corrected chi connectivity index (χ4v) is 2.60. The minimum atomic E-state index is -0.192. The number of nitrogens with one attached hydrogen (secondary N) is 1. The molecule has 1 rings (SSSR count). The Kier molecular flexibility index (Phi) is 7.59. The summed E-state index contributed by atoms with van der Waals surface area (Å²) in [7, 11) is 0. The second kappa shape index (κ2) is 8.68. The first-order valence-electron chi connectivity index (χ1n) is 6.37. The minimum Gasteiger partial charge on any atom is -0.352 e. The highest BCUT2D eigenvalue weighted by atomic mass is 35.5. The summed E-state index contributed by atoms with van der Waals surface area (Å²) in [4.78, 5) is 12.0. The molecule has 0 aliphatic carbocycles. The lowest BCUT2D eigenvalue weighted by Crippen LogP contribution is -2.29. The van der Waals surface area contributed by atoms with Crippen LogP contribution in [0.4, 0.5) is 0 Å². The van der Waals surface area contributed by atoms with Gasteiger partial charge in [-0.15, -0.1) is 11.6 Å². The second-order valence-corrected chi connectivity index (χ2v) is 5.69. The highest BCUT2D eigenvalue weighted by Crippen LogP contribution is 2.20. The molecule has 106 valence electrons. The summed E-state index contributed by atoms with van der Waals surface area (Å²) in [6.07, 6.45) is 3.03. The van der Waals surface area contributed by atoms with Gasteiger partial charge in [0.25, 0.3) is 5.91 Å². The molecule has 0 fully saturated rings. The van der Waals surface area contributed by atoms with Gasteiger partial charge in [-0.05, 0) is 37.0 Å². The number of rotatable bonds is 7. The molecule has 0 heterocycles. The van der Waals surface area contributed by atoms with Gasteiger partial charge in [-0.25, -0.2) is 0 Å². The average Bonchev–Trinajstić information content (AvgIpc) is 2.39. The molecular formula is C14H18Cl3NO. The zero-order valence-corrected chi connectivity index (χ0v) is 13.2. The van der Waals surface area contributed by atoms with Crippen LogP contribution in [0.3, 0.4) is 0 Å². The van der Waals surface area contributed by atoms with E-state index in [-0.39, 0.29) is 5.91 Å². The van der Waals surface area contributed by atoms with Crippen molar-refractivity contribution in [1.82, 2.24) is 5.32 Å². The maximum atomic E-state index is 12.0. The van der Waals surface area contributed by atoms with Crippen molar-refractivity contribution in [2.24, 2.45) is 5.92 Å². The molecule has 0 aromatic heterocycles. The number of alkyl halides is 1. The van der Waals surface area contributed by atoms with E-state index in [4.69, 9.17) is 34.8 Å². The van der Waals surface area contributed by atoms with Gasteiger partial charge in [0.15, 0.2) is 0 Å². The van der Waals surface area contributed by atoms with Crippen LogP contribution in [0.15, 0.2) is 18.2 Å². The van der Waals surface area contributed by atoms with Crippen LogP contribution in [0.5, 0.6) is 0 Å². The van der Waals surface area contributed by atoms with Crippen LogP contribution in [0.25, 0.3) is 0 Å². The average molecular weight is 323 g/mol. The third-order valence-electron chi connectivity index (χ3n) is 2.94. The first-order valence-corrected chi connectivity index (χ1v) is 7.66. The first kappa shape index (κ1) is 16.6. The van der Waals surface area contributed by atoms with Crippen molar-refractivity contribution >= 4 is 40.7 Å². The van der Waals surface area contributed by atoms with Gasteiger partial charge >= 0.3 is 0 Å². The van der Waals surface area contributed by atoms with Gasteiger partial charge in [0.2, 0.25) is 0 Å². The first-order chi connectivity index (χ1) is 9.08. The summed E-state index contributed by atoms with van der Waals surface area (Å²) in [5.41, 5.74) is 0.412. The van der Waals surface area contributed by atoms with E-state index in [0.717, 1.165) is 19.3 Å². The van der Waals surface area contributed by atoms with Gasteiger partial charge < -0.3 is 5.32 Å². The third-order valence-corrected chi connectivity index (χ3v) is 3.72. The van der Waals surface area contributed by atoms with E-state index in [0.29, 0.717) is 34.0 Å². The van der Waals surface area contributed by atoms with Crippen molar-refractivity contribution in [3.63, 3.8) is 0 Å². The molecule has 0 radical (unpaired) electrons. The van der Waals surface area contributed by atoms with Crippen molar-refractivity contribution in [2.75, 3.05) is 12.4 Å². The van der Waals surface area contributed by atoms with Crippen molar-refractivity contribution in [1.29, 1.82) is 0 Å². The molecule has 1 amide bonds. The van der Waals surface area contributed by atoms with E-state index in [1.54, 1.807) is 18.2 Å². The number of halogens is 3. The van der Waals surface area contributed by atoms with Crippen LogP contribution in [-0.4, -0.2) is 18.3 Å². The van der Waals surface area contributed by atoms with Crippen molar-refractivity contribution in [2.45, 2.75) is 26.2 Å². The van der Waals surface area contributed by atoms with Crippen molar-refractivity contribution in [3.05, 3.63) is 33.8 Å². The molecule has 19 heavy (non-hydrogen) atoms. The highest BCUT2D eigenvalue weighted by Gasteiger charge is 2.13. The fourth-order valence-electron chi connectivity index (χ4n) is 1.91. The van der Waals surface area contributed by atoms with Gasteiger partial charge in [0.05, 0.1) is 10.6 Å². The van der Waals surface area contributed by atoms with Gasteiger partial charge in [-0.1, -0.05) is 36.5 Å². The largest absolute Gasteiger partial charge is 0.352 e. The monoisotopic (exact) mass is 321 g/mol. The molecule has 0 saturated carbocycles. The van der Waals surface area contributed by atoms with Crippen LogP contribution in [0.2, 0.25) is 10.0 Å². The van der Waals surface area contributed by atoms with Crippen LogP contribution in [0.1, 0.15) is 36.5 Å². The maximum Gasteiger partial charge on any atom is 0.252 e. The number of hydrogen-bond donors (Lipinski definition) is 1. The van der Waals surface area contributed by atoms with E-state index in [1.165, 1.54) is 0 Å². The van der Waals surface area contributed by atoms with E-state index < -0.39 is 0 Å². The molecule has 0 spiro atoms. The molecule has 0 saturated heterocycles. The van der Waals surface area contributed by atoms with Crippen LogP contribution < -0.4 is 5.32 Å². The van der Waals surface area contributed by atoms with Crippen molar-refractivity contribution in [3.8, 4) is 0 Å². The number of carbonyl (C=O) groups is 1. The van der Waals surface area contributed by atoms with Gasteiger partial charge in [0, 0.05) is 17.4 Å². The Hall–Kier alpha value is -0.440. The zero-order valence-electron chi connectivity index (χ0n) is 10.9. The lowest BCUT2D eigenvalue weighted by molar-refractivity contribution is 0.0946. The summed E-state index contributed by atoms with van der Waals surface area (Å²) in [6, 6.07) is 4.87. The number of carbonyl (C=O) groups excluding carboxylic acids is 1. The molecule has 0 aliphatic rings. The quantitative estimate of drug-likeness (QED) is 0.720. The normalized spacial score (nSPS) is 12.2. The summed E-state index contributed by atoms with van der Waals surface area (Å²) >= 11 is 17.6. The van der Waals surface area contributed by atoms with Gasteiger partial charge in [-0.2, -0.15) is 0 Å². The number of hydrogen-bond acceptors (Lipinski definition) is 1. The van der Waals surface area contributed by atoms with E-state index in [2.05, 4.69) is 12.2 Å². The Balaban J connectivity index is 2.61. The van der Waals surface area contributed by atoms with E-state index >= 15 is 0 Å². The van der Waals surface area contributed by atoms with Gasteiger partial charge in [0.1, 0.15) is 0 Å². The third kappa shape index (κ3) is 5.60. The lowest BCUT2D eigenvalue weighted by atomic mass is 10.0. The summed E-state index contributed by atoms with van der Waals surface area (Å²) < 4.78 is 0. The fraction of sp³-hybridized carbons (Fsp3) is 0.500. The van der Waals surface area contributed by atoms with E-state index in [1.807, 2.05) is 0 Å². The molecule has 1 N–H and O–H groups in total. The molecule has 1 aromatic rings. The van der Waals surface area contributed by atoms with Gasteiger partial charge in [-0.3, -0.25) is 4.79 Å². The van der Waals surface area contributed by atoms with Crippen LogP contribution in [-0.2, 0) is 0 Å². The molecule has 2 nitrogen and oxygen atoms in total. The van der Waals surface area contributed by atoms with Crippen LogP contribution in [0, 0.1) is 5.92 Å². The lowest BCUT2D eigenvalue weighted by Gasteiger charge is -2.16. The Morgan fingerprint density at radius 2 is 2.05 bits per heavy atom. The Morgan fingerprint density at radius 3 is 2.68 bits per heavy atom. The molecule has 1 atom stereocenters. The summed E-state index contributed by atoms with van der Waals surface area (Å²) in [6.45, 7) is 2.74. The number of benzene rings is 1. The molecular weight excluding hydrogens is 305 g/mol. The highest BCUT2D eigenvalue weighted by molar-refractivity contribution is 6.35. The maximum absolute atomic E-state index is 12.0. The molecule has 0 aliphatic heterocycles. The molecule has 5 heteroatoms. The van der Waals surface area contributed by atoms with Crippen molar-refractivity contribution < 1.29 is 4.79 Å². The number of amides is 1. The Morgan fingerprint density at radius 1 is 1.32 bits per heavy atom.